The molecule has 3 heteroatoms. The Labute approximate surface area is 106 Å². The average molecular weight is 254 g/mol. The van der Waals surface area contributed by atoms with E-state index in [1.165, 1.54) is 22.8 Å². The number of thioether (sulfide) groups is 2. The van der Waals surface area contributed by atoms with Crippen LogP contribution in [0, 0.1) is 0 Å². The van der Waals surface area contributed by atoms with Crippen molar-refractivity contribution in [1.82, 2.24) is 0 Å². The number of benzene rings is 1. The SMILES string of the molecule is CCSCCCSc1cccc(C(C)=O)c1. The normalized spacial score (nSPS) is 10.4. The predicted molar refractivity (Wildman–Crippen MR) is 74.8 cm³/mol. The second kappa shape index (κ2) is 7.80. The van der Waals surface area contributed by atoms with Gasteiger partial charge in [-0.25, -0.2) is 0 Å². The van der Waals surface area contributed by atoms with E-state index in [4.69, 9.17) is 0 Å². The molecule has 1 aromatic rings. The van der Waals surface area contributed by atoms with Crippen molar-refractivity contribution >= 4 is 29.3 Å². The van der Waals surface area contributed by atoms with Gasteiger partial charge in [-0.05, 0) is 42.7 Å². The summed E-state index contributed by atoms with van der Waals surface area (Å²) in [5.41, 5.74) is 0.813. The summed E-state index contributed by atoms with van der Waals surface area (Å²) in [6.07, 6.45) is 1.23. The molecule has 0 heterocycles. The molecule has 0 bridgehead atoms. The van der Waals surface area contributed by atoms with E-state index in [0.29, 0.717) is 0 Å². The van der Waals surface area contributed by atoms with Gasteiger partial charge in [-0.2, -0.15) is 11.8 Å². The summed E-state index contributed by atoms with van der Waals surface area (Å²) in [7, 11) is 0. The first-order valence-corrected chi connectivity index (χ1v) is 7.69. The van der Waals surface area contributed by atoms with Crippen molar-refractivity contribution in [3.63, 3.8) is 0 Å². The molecule has 1 rings (SSSR count). The summed E-state index contributed by atoms with van der Waals surface area (Å²) in [6.45, 7) is 3.80. The zero-order valence-corrected chi connectivity index (χ0v) is 11.5. The first-order chi connectivity index (χ1) is 7.74. The van der Waals surface area contributed by atoms with Crippen molar-refractivity contribution in [3.8, 4) is 0 Å². The third-order valence-electron chi connectivity index (χ3n) is 2.15. The minimum absolute atomic E-state index is 0.143. The summed E-state index contributed by atoms with van der Waals surface area (Å²) in [5, 5.41) is 0. The van der Waals surface area contributed by atoms with Gasteiger partial charge in [0.05, 0.1) is 0 Å². The Morgan fingerprint density at radius 1 is 1.31 bits per heavy atom. The lowest BCUT2D eigenvalue weighted by Crippen LogP contribution is -1.91. The fourth-order valence-electron chi connectivity index (χ4n) is 1.30. The number of carbonyl (C=O) groups is 1. The van der Waals surface area contributed by atoms with Gasteiger partial charge in [-0.1, -0.05) is 19.1 Å². The van der Waals surface area contributed by atoms with E-state index < -0.39 is 0 Å². The first kappa shape index (κ1) is 13.7. The number of Topliss-reactive ketones (excluding diaryl/α,β-unsaturated/α-hetero) is 1. The molecule has 0 aliphatic heterocycles. The van der Waals surface area contributed by atoms with Gasteiger partial charge in [-0.15, -0.1) is 11.8 Å². The van der Waals surface area contributed by atoms with E-state index >= 15 is 0 Å². The van der Waals surface area contributed by atoms with Crippen LogP contribution in [0.4, 0.5) is 0 Å². The van der Waals surface area contributed by atoms with E-state index in [9.17, 15) is 4.79 Å². The van der Waals surface area contributed by atoms with Crippen molar-refractivity contribution in [2.45, 2.75) is 25.2 Å². The van der Waals surface area contributed by atoms with E-state index in [2.05, 4.69) is 13.0 Å². The van der Waals surface area contributed by atoms with Gasteiger partial charge in [-0.3, -0.25) is 4.79 Å². The zero-order valence-electron chi connectivity index (χ0n) is 9.86. The third-order valence-corrected chi connectivity index (χ3v) is 4.21. The molecule has 0 atom stereocenters. The van der Waals surface area contributed by atoms with Crippen molar-refractivity contribution in [1.29, 1.82) is 0 Å². The highest BCUT2D eigenvalue weighted by atomic mass is 32.2. The monoisotopic (exact) mass is 254 g/mol. The van der Waals surface area contributed by atoms with Crippen LogP contribution in [0.1, 0.15) is 30.6 Å². The Kier molecular flexibility index (Phi) is 6.65. The van der Waals surface area contributed by atoms with Crippen LogP contribution in [0.2, 0.25) is 0 Å². The van der Waals surface area contributed by atoms with Crippen LogP contribution < -0.4 is 0 Å². The molecule has 0 N–H and O–H groups in total. The molecule has 0 aliphatic rings. The van der Waals surface area contributed by atoms with Crippen LogP contribution in [-0.2, 0) is 0 Å². The number of carbonyl (C=O) groups excluding carboxylic acids is 1. The Morgan fingerprint density at radius 3 is 2.81 bits per heavy atom. The first-order valence-electron chi connectivity index (χ1n) is 5.55. The molecule has 1 aromatic carbocycles. The molecule has 0 saturated heterocycles. The number of hydrogen-bond donors (Lipinski definition) is 0. The van der Waals surface area contributed by atoms with E-state index in [1.54, 1.807) is 6.92 Å². The van der Waals surface area contributed by atoms with E-state index in [-0.39, 0.29) is 5.78 Å². The quantitative estimate of drug-likeness (QED) is 0.414. The topological polar surface area (TPSA) is 17.1 Å². The molecule has 0 amide bonds. The van der Waals surface area contributed by atoms with Crippen LogP contribution >= 0.6 is 23.5 Å². The summed E-state index contributed by atoms with van der Waals surface area (Å²) in [5.74, 6) is 3.71. The van der Waals surface area contributed by atoms with Crippen LogP contribution in [0.3, 0.4) is 0 Å². The smallest absolute Gasteiger partial charge is 0.159 e. The standard InChI is InChI=1S/C13H18OS2/c1-3-15-8-5-9-16-13-7-4-6-12(10-13)11(2)14/h4,6-7,10H,3,5,8-9H2,1-2H3. The summed E-state index contributed by atoms with van der Waals surface area (Å²) >= 11 is 3.82. The Balaban J connectivity index is 2.36. The molecule has 0 fully saturated rings. The number of ketones is 1. The van der Waals surface area contributed by atoms with Gasteiger partial charge in [0.15, 0.2) is 5.78 Å². The maximum atomic E-state index is 11.2. The third kappa shape index (κ3) is 5.08. The summed E-state index contributed by atoms with van der Waals surface area (Å²) in [6, 6.07) is 7.89. The van der Waals surface area contributed by atoms with Crippen molar-refractivity contribution in [2.75, 3.05) is 17.3 Å². The molecule has 0 unspecified atom stereocenters. The molecule has 0 spiro atoms. The van der Waals surface area contributed by atoms with Crippen molar-refractivity contribution < 1.29 is 4.79 Å². The molecule has 0 saturated carbocycles. The van der Waals surface area contributed by atoms with Gasteiger partial charge < -0.3 is 0 Å². The lowest BCUT2D eigenvalue weighted by atomic mass is 10.2. The highest BCUT2D eigenvalue weighted by Gasteiger charge is 2.00. The average Bonchev–Trinajstić information content (AvgIpc) is 2.29. The Bertz CT molecular complexity index is 336. The van der Waals surface area contributed by atoms with Crippen LogP contribution in [0.15, 0.2) is 29.2 Å². The van der Waals surface area contributed by atoms with Gasteiger partial charge in [0, 0.05) is 10.5 Å². The Hall–Kier alpha value is -0.410. The summed E-state index contributed by atoms with van der Waals surface area (Å²) < 4.78 is 0. The minimum Gasteiger partial charge on any atom is -0.295 e. The van der Waals surface area contributed by atoms with E-state index in [1.807, 2.05) is 41.7 Å². The fourth-order valence-corrected chi connectivity index (χ4v) is 3.03. The van der Waals surface area contributed by atoms with Crippen LogP contribution in [0.5, 0.6) is 0 Å². The van der Waals surface area contributed by atoms with Gasteiger partial charge in [0.2, 0.25) is 0 Å². The molecule has 16 heavy (non-hydrogen) atoms. The fraction of sp³-hybridized carbons (Fsp3) is 0.462. The maximum Gasteiger partial charge on any atom is 0.159 e. The maximum absolute atomic E-state index is 11.2. The number of rotatable bonds is 7. The van der Waals surface area contributed by atoms with E-state index in [0.717, 1.165) is 11.3 Å². The second-order valence-corrected chi connectivity index (χ2v) is 6.05. The Morgan fingerprint density at radius 2 is 2.12 bits per heavy atom. The predicted octanol–water partition coefficient (Wildman–Crippen LogP) is 4.12. The molecule has 1 nitrogen and oxygen atoms in total. The second-order valence-electron chi connectivity index (χ2n) is 3.48. The van der Waals surface area contributed by atoms with Gasteiger partial charge >= 0.3 is 0 Å². The van der Waals surface area contributed by atoms with Crippen LogP contribution in [0.25, 0.3) is 0 Å². The molecular weight excluding hydrogens is 236 g/mol. The molecule has 0 aliphatic carbocycles. The highest BCUT2D eigenvalue weighted by Crippen LogP contribution is 2.20. The molecular formula is C13H18OS2. The summed E-state index contributed by atoms with van der Waals surface area (Å²) in [4.78, 5) is 12.4. The van der Waals surface area contributed by atoms with Crippen LogP contribution in [-0.4, -0.2) is 23.0 Å². The minimum atomic E-state index is 0.143. The largest absolute Gasteiger partial charge is 0.295 e. The lowest BCUT2D eigenvalue weighted by Gasteiger charge is -2.03. The highest BCUT2D eigenvalue weighted by molar-refractivity contribution is 8.00. The molecule has 0 radical (unpaired) electrons. The van der Waals surface area contributed by atoms with Gasteiger partial charge in [0.1, 0.15) is 0 Å². The number of hydrogen-bond acceptors (Lipinski definition) is 3. The van der Waals surface area contributed by atoms with Crippen molar-refractivity contribution in [3.05, 3.63) is 29.8 Å². The zero-order chi connectivity index (χ0) is 11.8. The van der Waals surface area contributed by atoms with Crippen molar-refractivity contribution in [2.24, 2.45) is 0 Å². The molecule has 0 aromatic heterocycles. The van der Waals surface area contributed by atoms with Gasteiger partial charge in [0.25, 0.3) is 0 Å². The molecule has 88 valence electrons. The lowest BCUT2D eigenvalue weighted by molar-refractivity contribution is 0.101.